The molecule has 0 amide bonds. The van der Waals surface area contributed by atoms with E-state index in [2.05, 4.69) is 45.0 Å². The molecule has 0 aliphatic carbocycles. The van der Waals surface area contributed by atoms with E-state index in [4.69, 9.17) is 9.16 Å². The summed E-state index contributed by atoms with van der Waals surface area (Å²) >= 11 is 0. The summed E-state index contributed by atoms with van der Waals surface area (Å²) in [5.74, 6) is -1.71. The lowest BCUT2D eigenvalue weighted by Crippen LogP contribution is -2.66. The molecule has 0 unspecified atom stereocenters. The third-order valence-electron chi connectivity index (χ3n) is 9.45. The van der Waals surface area contributed by atoms with Gasteiger partial charge in [-0.1, -0.05) is 133 Å². The van der Waals surface area contributed by atoms with Crippen LogP contribution in [0.2, 0.25) is 5.04 Å². The molecule has 7 nitrogen and oxygen atoms in total. The molecule has 0 aliphatic heterocycles. The molecule has 0 saturated carbocycles. The fraction of sp³-hybridized carbons (Fsp3) is 0.487. The lowest BCUT2D eigenvalue weighted by atomic mass is 9.75. The third-order valence-corrected chi connectivity index (χ3v) is 16.5. The highest BCUT2D eigenvalue weighted by Gasteiger charge is 2.50. The van der Waals surface area contributed by atoms with Crippen molar-refractivity contribution in [3.8, 4) is 0 Å². The number of carboxylic acid groups (broad SMARTS) is 1. The zero-order valence-corrected chi connectivity index (χ0v) is 31.7. The number of sulfone groups is 1. The average molecular weight is 695 g/mol. The highest BCUT2D eigenvalue weighted by atomic mass is 32.2. The number of benzene rings is 3. The van der Waals surface area contributed by atoms with Crippen molar-refractivity contribution in [2.75, 3.05) is 25.2 Å². The van der Waals surface area contributed by atoms with Gasteiger partial charge >= 0.3 is 11.9 Å². The van der Waals surface area contributed by atoms with E-state index >= 15 is 0 Å². The van der Waals surface area contributed by atoms with Crippen LogP contribution < -0.4 is 10.4 Å². The summed E-state index contributed by atoms with van der Waals surface area (Å²) in [6.45, 7) is 14.0. The van der Waals surface area contributed by atoms with Crippen LogP contribution in [0.15, 0.2) is 84.9 Å². The first-order chi connectivity index (χ1) is 22.4. The Balaban J connectivity index is 1.70. The molecule has 0 saturated heterocycles. The smallest absolute Gasteiger partial charge is 0.313 e. The Bertz CT molecular complexity index is 1580. The highest BCUT2D eigenvalue weighted by molar-refractivity contribution is 7.91. The van der Waals surface area contributed by atoms with E-state index in [0.717, 1.165) is 15.9 Å². The minimum absolute atomic E-state index is 0.0191. The molecular formula is C39H54O7SSi. The maximum Gasteiger partial charge on any atom is 0.313 e. The van der Waals surface area contributed by atoms with Gasteiger partial charge in [-0.05, 0) is 58.1 Å². The van der Waals surface area contributed by atoms with E-state index in [1.54, 1.807) is 13.8 Å². The van der Waals surface area contributed by atoms with Gasteiger partial charge in [-0.25, -0.2) is 8.42 Å². The van der Waals surface area contributed by atoms with Gasteiger partial charge in [0.25, 0.3) is 8.32 Å². The number of carbonyl (C=O) groups is 2. The Kier molecular flexibility index (Phi) is 13.0. The molecule has 3 aromatic carbocycles. The predicted molar refractivity (Wildman–Crippen MR) is 196 cm³/mol. The normalized spacial score (nSPS) is 14.6. The second kappa shape index (κ2) is 16.0. The molecule has 3 rings (SSSR count). The number of carbonyl (C=O) groups excluding carboxylic acids is 1. The largest absolute Gasteiger partial charge is 0.481 e. The fourth-order valence-corrected chi connectivity index (χ4v) is 13.3. The van der Waals surface area contributed by atoms with Crippen LogP contribution in [0.25, 0.3) is 0 Å². The second-order valence-electron chi connectivity index (χ2n) is 15.1. The Morgan fingerprint density at radius 3 is 1.90 bits per heavy atom. The van der Waals surface area contributed by atoms with Crippen LogP contribution in [-0.2, 0) is 40.4 Å². The number of aliphatic carboxylic acids is 1. The summed E-state index contributed by atoms with van der Waals surface area (Å²) in [6.07, 6.45) is 1.87. The van der Waals surface area contributed by atoms with Gasteiger partial charge < -0.3 is 14.3 Å². The molecule has 3 aromatic rings. The van der Waals surface area contributed by atoms with Crippen molar-refractivity contribution in [3.63, 3.8) is 0 Å². The minimum Gasteiger partial charge on any atom is -0.481 e. The fourth-order valence-electron chi connectivity index (χ4n) is 6.80. The van der Waals surface area contributed by atoms with Gasteiger partial charge in [-0.15, -0.1) is 0 Å². The zero-order chi connectivity index (χ0) is 35.8. The number of rotatable bonds is 17. The lowest BCUT2D eigenvalue weighted by Gasteiger charge is -2.43. The number of hydrogen-bond acceptors (Lipinski definition) is 6. The number of methoxy groups -OCH3 is 1. The standard InChI is InChI=1S/C39H54O7SSi/c1-30(35(40)45-8)27-31-17-15-18-32(28-31)39(7,36(41)42)24-16-23-38(5,6)29-47(43,44)26-25-46-48(37(2,3)4,33-19-11-9-12-20-33)34-21-13-10-14-22-34/h9-15,17-22,28,30H,16,23-27,29H2,1-8H3,(H,41,42)/t30-,39+/m0/s1. The van der Waals surface area contributed by atoms with E-state index < -0.39 is 35.0 Å². The van der Waals surface area contributed by atoms with Gasteiger partial charge in [-0.2, -0.15) is 0 Å². The Morgan fingerprint density at radius 1 is 0.833 bits per heavy atom. The van der Waals surface area contributed by atoms with Crippen molar-refractivity contribution < 1.29 is 32.3 Å². The number of hydrogen-bond donors (Lipinski definition) is 1. The van der Waals surface area contributed by atoms with E-state index in [0.29, 0.717) is 31.2 Å². The maximum atomic E-state index is 13.5. The molecule has 262 valence electrons. The van der Waals surface area contributed by atoms with E-state index in [-0.39, 0.29) is 35.0 Å². The summed E-state index contributed by atoms with van der Waals surface area (Å²) in [5.41, 5.74) is -0.198. The second-order valence-corrected chi connectivity index (χ2v) is 21.6. The zero-order valence-electron chi connectivity index (χ0n) is 29.9. The summed E-state index contributed by atoms with van der Waals surface area (Å²) in [7, 11) is -4.99. The molecule has 2 atom stereocenters. The van der Waals surface area contributed by atoms with E-state index in [1.165, 1.54) is 7.11 Å². The molecule has 0 radical (unpaired) electrons. The summed E-state index contributed by atoms with van der Waals surface area (Å²) < 4.78 is 38.8. The molecule has 9 heteroatoms. The van der Waals surface area contributed by atoms with Crippen molar-refractivity contribution in [1.82, 2.24) is 0 Å². The summed E-state index contributed by atoms with van der Waals surface area (Å²) in [5, 5.41) is 12.3. The summed E-state index contributed by atoms with van der Waals surface area (Å²) in [4.78, 5) is 24.5. The third kappa shape index (κ3) is 9.67. The first-order valence-corrected chi connectivity index (χ1v) is 20.5. The topological polar surface area (TPSA) is 107 Å². The molecule has 0 spiro atoms. The highest BCUT2D eigenvalue weighted by Crippen LogP contribution is 2.37. The SMILES string of the molecule is COC(=O)[C@@H](C)Cc1cccc([C@@](C)(CCCC(C)(C)CS(=O)(=O)CCO[Si](c2ccccc2)(c2ccccc2)C(C)(C)C)C(=O)O)c1. The van der Waals surface area contributed by atoms with Crippen molar-refractivity contribution in [3.05, 3.63) is 96.1 Å². The van der Waals surface area contributed by atoms with Gasteiger partial charge in [-0.3, -0.25) is 9.59 Å². The molecule has 0 heterocycles. The van der Waals surface area contributed by atoms with E-state index in [1.807, 2.05) is 74.5 Å². The number of carboxylic acids is 1. The van der Waals surface area contributed by atoms with Crippen molar-refractivity contribution in [2.45, 2.75) is 84.6 Å². The van der Waals surface area contributed by atoms with Crippen molar-refractivity contribution in [1.29, 1.82) is 0 Å². The van der Waals surface area contributed by atoms with Crippen molar-refractivity contribution >= 4 is 40.5 Å². The Hall–Kier alpha value is -3.27. The molecule has 1 N–H and O–H groups in total. The van der Waals surface area contributed by atoms with Crippen LogP contribution in [0.1, 0.15) is 78.9 Å². The molecule has 0 aromatic heterocycles. The lowest BCUT2D eigenvalue weighted by molar-refractivity contribution is -0.145. The predicted octanol–water partition coefficient (Wildman–Crippen LogP) is 6.57. The van der Waals surface area contributed by atoms with Crippen LogP contribution in [-0.4, -0.2) is 59.0 Å². The molecule has 48 heavy (non-hydrogen) atoms. The Labute approximate surface area is 289 Å². The minimum atomic E-state index is -3.49. The average Bonchev–Trinajstić information content (AvgIpc) is 3.02. The van der Waals surface area contributed by atoms with Crippen LogP contribution in [0.3, 0.4) is 0 Å². The van der Waals surface area contributed by atoms with Crippen LogP contribution in [0.4, 0.5) is 0 Å². The molecule has 0 aliphatic rings. The van der Waals surface area contributed by atoms with Crippen LogP contribution in [0.5, 0.6) is 0 Å². The first-order valence-electron chi connectivity index (χ1n) is 16.7. The van der Waals surface area contributed by atoms with Gasteiger partial charge in [0.2, 0.25) is 0 Å². The van der Waals surface area contributed by atoms with Gasteiger partial charge in [0.15, 0.2) is 9.84 Å². The van der Waals surface area contributed by atoms with Gasteiger partial charge in [0, 0.05) is 6.61 Å². The molecule has 0 bridgehead atoms. The quantitative estimate of drug-likeness (QED) is 0.126. The summed E-state index contributed by atoms with van der Waals surface area (Å²) in [6, 6.07) is 27.7. The Morgan fingerprint density at radius 2 is 1.40 bits per heavy atom. The van der Waals surface area contributed by atoms with E-state index in [9.17, 15) is 23.1 Å². The van der Waals surface area contributed by atoms with Crippen molar-refractivity contribution in [2.24, 2.45) is 11.3 Å². The molecular weight excluding hydrogens is 641 g/mol. The van der Waals surface area contributed by atoms with Crippen LogP contribution >= 0.6 is 0 Å². The number of esters is 1. The number of ether oxygens (including phenoxy) is 1. The maximum absolute atomic E-state index is 13.5. The van der Waals surface area contributed by atoms with Crippen LogP contribution in [0, 0.1) is 11.3 Å². The van der Waals surface area contributed by atoms with Gasteiger partial charge in [0.05, 0.1) is 29.9 Å². The monoisotopic (exact) mass is 694 g/mol. The first kappa shape index (κ1) is 39.2. The molecule has 0 fully saturated rings. The van der Waals surface area contributed by atoms with Gasteiger partial charge in [0.1, 0.15) is 0 Å².